The van der Waals surface area contributed by atoms with Gasteiger partial charge in [-0.25, -0.2) is 0 Å². The van der Waals surface area contributed by atoms with E-state index < -0.39 is 52.4 Å². The Labute approximate surface area is 131 Å². The zero-order valence-corrected chi connectivity index (χ0v) is 13.6. The lowest BCUT2D eigenvalue weighted by Crippen LogP contribution is -2.08. The molecule has 1 rings (SSSR count). The maximum atomic E-state index is 11.6. The second-order valence-electron chi connectivity index (χ2n) is 3.60. The van der Waals surface area contributed by atoms with Gasteiger partial charge in [-0.15, -0.1) is 0 Å². The van der Waals surface area contributed by atoms with Crippen molar-refractivity contribution < 1.29 is 38.3 Å². The van der Waals surface area contributed by atoms with Crippen LogP contribution in [-0.4, -0.2) is 30.6 Å². The van der Waals surface area contributed by atoms with Crippen LogP contribution in [0, 0.1) is 0 Å². The van der Waals surface area contributed by atoms with Gasteiger partial charge in [0.2, 0.25) is 0 Å². The highest BCUT2D eigenvalue weighted by Gasteiger charge is 2.37. The Morgan fingerprint density at radius 1 is 0.810 bits per heavy atom. The van der Waals surface area contributed by atoms with Gasteiger partial charge in [-0.3, -0.25) is 18.7 Å². The zero-order valence-electron chi connectivity index (χ0n) is 9.53. The SMILES string of the molecule is O=C(c1c(Cl)cc(Cl)c(C(=O)P(=O)(O)O)c1Cl)P(=O)(O)O. The highest BCUT2D eigenvalue weighted by atomic mass is 35.5. The highest BCUT2D eigenvalue weighted by Crippen LogP contribution is 2.48. The molecule has 116 valence electrons. The van der Waals surface area contributed by atoms with Crippen LogP contribution in [0.3, 0.4) is 0 Å². The van der Waals surface area contributed by atoms with E-state index in [4.69, 9.17) is 54.4 Å². The molecule has 0 aromatic heterocycles. The molecule has 0 amide bonds. The molecule has 1 aromatic carbocycles. The molecule has 13 heteroatoms. The summed E-state index contributed by atoms with van der Waals surface area (Å²) >= 11 is 16.8. The third kappa shape index (κ3) is 3.93. The van der Waals surface area contributed by atoms with E-state index in [1.807, 2.05) is 0 Å². The number of hydrogen-bond acceptors (Lipinski definition) is 4. The van der Waals surface area contributed by atoms with E-state index in [0.29, 0.717) is 0 Å². The van der Waals surface area contributed by atoms with E-state index >= 15 is 0 Å². The number of halogens is 3. The van der Waals surface area contributed by atoms with Gasteiger partial charge in [0.25, 0.3) is 11.0 Å². The fourth-order valence-corrected chi connectivity index (χ4v) is 3.69. The number of hydrogen-bond donors (Lipinski definition) is 4. The summed E-state index contributed by atoms with van der Waals surface area (Å²) in [5.74, 6) is 0. The van der Waals surface area contributed by atoms with Crippen LogP contribution < -0.4 is 0 Å². The van der Waals surface area contributed by atoms with Crippen molar-refractivity contribution in [1.82, 2.24) is 0 Å². The molecule has 0 heterocycles. The minimum Gasteiger partial charge on any atom is -0.319 e. The number of rotatable bonds is 4. The van der Waals surface area contributed by atoms with Crippen molar-refractivity contribution in [2.45, 2.75) is 0 Å². The molecule has 1 aromatic rings. The Kier molecular flexibility index (Phi) is 5.44. The molecular weight excluding hydrogens is 392 g/mol. The normalized spacial score (nSPS) is 12.3. The number of carbonyl (C=O) groups is 2. The van der Waals surface area contributed by atoms with Gasteiger partial charge in [-0.2, -0.15) is 0 Å². The molecule has 0 aliphatic rings. The van der Waals surface area contributed by atoms with Crippen molar-refractivity contribution in [3.05, 3.63) is 32.3 Å². The first-order valence-electron chi connectivity index (χ1n) is 4.66. The van der Waals surface area contributed by atoms with Crippen molar-refractivity contribution >= 4 is 61.0 Å². The highest BCUT2D eigenvalue weighted by molar-refractivity contribution is 7.71. The summed E-state index contributed by atoms with van der Waals surface area (Å²) in [6.07, 6.45) is 0. The van der Waals surface area contributed by atoms with Crippen molar-refractivity contribution in [2.24, 2.45) is 0 Å². The fraction of sp³-hybridized carbons (Fsp3) is 0. The lowest BCUT2D eigenvalue weighted by molar-refractivity contribution is 0.104. The Hall–Kier alpha value is -0.270. The lowest BCUT2D eigenvalue weighted by Gasteiger charge is -2.13. The van der Waals surface area contributed by atoms with Crippen LogP contribution in [0.1, 0.15) is 20.7 Å². The molecule has 8 nitrogen and oxygen atoms in total. The quantitative estimate of drug-likeness (QED) is 0.565. The van der Waals surface area contributed by atoms with Gasteiger partial charge in [-0.1, -0.05) is 34.8 Å². The van der Waals surface area contributed by atoms with Crippen molar-refractivity contribution in [3.63, 3.8) is 0 Å². The minimum absolute atomic E-state index is 0.583. The van der Waals surface area contributed by atoms with Gasteiger partial charge < -0.3 is 19.6 Å². The standard InChI is InChI=1S/C8H5Cl3O8P2/c9-2-1-3(10)5(8(13)21(17,18)19)6(11)4(2)7(12)20(14,15)16/h1H,(H2,14,15,16)(H2,17,18,19). The molecule has 0 fully saturated rings. The average Bonchev–Trinajstić information content (AvgIpc) is 2.25. The van der Waals surface area contributed by atoms with E-state index in [1.54, 1.807) is 0 Å². The molecule has 4 N–H and O–H groups in total. The molecule has 0 radical (unpaired) electrons. The van der Waals surface area contributed by atoms with E-state index in [-0.39, 0.29) is 0 Å². The second-order valence-corrected chi connectivity index (χ2v) is 7.78. The van der Waals surface area contributed by atoms with Gasteiger partial charge in [-0.05, 0) is 6.07 Å². The molecule has 0 spiro atoms. The third-order valence-electron chi connectivity index (χ3n) is 2.13. The van der Waals surface area contributed by atoms with E-state index in [0.717, 1.165) is 6.07 Å². The Bertz CT molecular complexity index is 675. The Morgan fingerprint density at radius 3 is 1.33 bits per heavy atom. The van der Waals surface area contributed by atoms with Gasteiger partial charge in [0.1, 0.15) is 0 Å². The molecule has 0 unspecified atom stereocenters. The van der Waals surface area contributed by atoms with Gasteiger partial charge in [0, 0.05) is 0 Å². The summed E-state index contributed by atoms with van der Waals surface area (Å²) in [6.45, 7) is 0. The third-order valence-corrected chi connectivity index (χ3v) is 4.61. The van der Waals surface area contributed by atoms with E-state index in [9.17, 15) is 18.7 Å². The smallest absolute Gasteiger partial charge is 0.319 e. The molecule has 0 saturated carbocycles. The van der Waals surface area contributed by atoms with Crippen molar-refractivity contribution in [1.29, 1.82) is 0 Å². The maximum absolute atomic E-state index is 11.6. The van der Waals surface area contributed by atoms with Crippen LogP contribution in [0.15, 0.2) is 6.07 Å². The molecule has 0 atom stereocenters. The lowest BCUT2D eigenvalue weighted by atomic mass is 10.1. The van der Waals surface area contributed by atoms with Crippen molar-refractivity contribution in [2.75, 3.05) is 0 Å². The number of carbonyl (C=O) groups excluding carboxylic acids is 2. The molecule has 21 heavy (non-hydrogen) atoms. The van der Waals surface area contributed by atoms with E-state index in [2.05, 4.69) is 0 Å². The summed E-state index contributed by atoms with van der Waals surface area (Å²) in [4.78, 5) is 58.4. The summed E-state index contributed by atoms with van der Waals surface area (Å²) in [5.41, 5.74) is -5.52. The summed E-state index contributed by atoms with van der Waals surface area (Å²) in [5, 5.41) is -2.12. The molecular formula is C8H5Cl3O8P2. The zero-order chi connectivity index (χ0) is 16.7. The van der Waals surface area contributed by atoms with Crippen LogP contribution in [0.2, 0.25) is 15.1 Å². The first-order valence-corrected chi connectivity index (χ1v) is 9.02. The van der Waals surface area contributed by atoms with Crippen LogP contribution in [0.5, 0.6) is 0 Å². The summed E-state index contributed by atoms with van der Waals surface area (Å²) in [6, 6.07) is 0.723. The maximum Gasteiger partial charge on any atom is 0.396 e. The van der Waals surface area contributed by atoms with Crippen LogP contribution in [0.25, 0.3) is 0 Å². The van der Waals surface area contributed by atoms with Crippen LogP contribution >= 0.6 is 50.0 Å². The largest absolute Gasteiger partial charge is 0.396 e. The molecule has 0 bridgehead atoms. The predicted molar refractivity (Wildman–Crippen MR) is 74.2 cm³/mol. The van der Waals surface area contributed by atoms with Crippen LogP contribution in [-0.2, 0) is 9.13 Å². The van der Waals surface area contributed by atoms with Gasteiger partial charge in [0.15, 0.2) is 0 Å². The van der Waals surface area contributed by atoms with E-state index in [1.165, 1.54) is 0 Å². The molecule has 0 aliphatic heterocycles. The molecule has 0 aliphatic carbocycles. The minimum atomic E-state index is -5.29. The molecule has 0 saturated heterocycles. The van der Waals surface area contributed by atoms with Crippen LogP contribution in [0.4, 0.5) is 0 Å². The second kappa shape index (κ2) is 6.08. The fourth-order valence-electron chi connectivity index (χ4n) is 1.27. The summed E-state index contributed by atoms with van der Waals surface area (Å²) in [7, 11) is -10.6. The first-order chi connectivity index (χ1) is 9.28. The topological polar surface area (TPSA) is 149 Å². The summed E-state index contributed by atoms with van der Waals surface area (Å²) < 4.78 is 21.9. The Balaban J connectivity index is 3.73. The first kappa shape index (κ1) is 18.8. The monoisotopic (exact) mass is 396 g/mol. The van der Waals surface area contributed by atoms with Crippen molar-refractivity contribution in [3.8, 4) is 0 Å². The number of benzene rings is 1. The average molecular weight is 397 g/mol. The predicted octanol–water partition coefficient (Wildman–Crippen LogP) is 2.28. The van der Waals surface area contributed by atoms with Gasteiger partial charge in [0.05, 0.1) is 26.2 Å². The van der Waals surface area contributed by atoms with Gasteiger partial charge >= 0.3 is 15.2 Å². The Morgan fingerprint density at radius 2 is 1.10 bits per heavy atom.